The highest BCUT2D eigenvalue weighted by Crippen LogP contribution is 2.24. The smallest absolute Gasteiger partial charge is 0.240 e. The summed E-state index contributed by atoms with van der Waals surface area (Å²) < 4.78 is 0. The summed E-state index contributed by atoms with van der Waals surface area (Å²) in [7, 11) is 0. The molecule has 0 saturated carbocycles. The predicted octanol–water partition coefficient (Wildman–Crippen LogP) is 0.898. The standard InChI is InChI=1S/C16H19N5O2S/c1-2-13-18-16(20-19-13)24-9-14(22)21-8-11-6-4-3-5-10(11)7-12(21)15(17)23/h3-6,12H,2,7-9H2,1H3,(H2,17,23)(H,18,19,20). The molecule has 0 bridgehead atoms. The Morgan fingerprint density at radius 3 is 2.79 bits per heavy atom. The van der Waals surface area contributed by atoms with Gasteiger partial charge in [-0.05, 0) is 11.1 Å². The van der Waals surface area contributed by atoms with Gasteiger partial charge in [0.25, 0.3) is 0 Å². The van der Waals surface area contributed by atoms with Crippen LogP contribution in [0.15, 0.2) is 29.4 Å². The Balaban J connectivity index is 1.71. The number of aromatic amines is 1. The second-order valence-electron chi connectivity index (χ2n) is 5.62. The molecule has 1 aliphatic rings. The summed E-state index contributed by atoms with van der Waals surface area (Å²) in [4.78, 5) is 30.2. The van der Waals surface area contributed by atoms with Crippen LogP contribution in [-0.2, 0) is 29.0 Å². The summed E-state index contributed by atoms with van der Waals surface area (Å²) in [5.41, 5.74) is 7.64. The third kappa shape index (κ3) is 3.43. The molecule has 126 valence electrons. The van der Waals surface area contributed by atoms with Crippen LogP contribution in [0.1, 0.15) is 23.9 Å². The number of nitrogens with one attached hydrogen (secondary N) is 1. The lowest BCUT2D eigenvalue weighted by Crippen LogP contribution is -2.51. The van der Waals surface area contributed by atoms with Crippen molar-refractivity contribution in [2.45, 2.75) is 37.5 Å². The molecule has 8 heteroatoms. The maximum Gasteiger partial charge on any atom is 0.240 e. The van der Waals surface area contributed by atoms with Crippen molar-refractivity contribution in [2.75, 3.05) is 5.75 Å². The second kappa shape index (κ2) is 7.04. The van der Waals surface area contributed by atoms with E-state index in [1.54, 1.807) is 4.90 Å². The van der Waals surface area contributed by atoms with Crippen molar-refractivity contribution < 1.29 is 9.59 Å². The Labute approximate surface area is 144 Å². The number of carbonyl (C=O) groups is 2. The maximum atomic E-state index is 12.6. The Bertz CT molecular complexity index is 760. The first-order chi connectivity index (χ1) is 11.6. The molecule has 1 aromatic heterocycles. The van der Waals surface area contributed by atoms with Crippen LogP contribution < -0.4 is 5.73 Å². The number of carbonyl (C=O) groups excluding carboxylic acids is 2. The highest BCUT2D eigenvalue weighted by Gasteiger charge is 2.33. The molecule has 24 heavy (non-hydrogen) atoms. The molecule has 1 atom stereocenters. The van der Waals surface area contributed by atoms with Crippen LogP contribution in [0, 0.1) is 0 Å². The SMILES string of the molecule is CCc1nc(SCC(=O)N2Cc3ccccc3CC2C(N)=O)n[nH]1. The number of aromatic nitrogens is 3. The number of fused-ring (bicyclic) bond motifs is 1. The van der Waals surface area contributed by atoms with E-state index in [1.807, 2.05) is 31.2 Å². The number of hydrogen-bond acceptors (Lipinski definition) is 5. The van der Waals surface area contributed by atoms with E-state index in [2.05, 4.69) is 15.2 Å². The van der Waals surface area contributed by atoms with Gasteiger partial charge in [-0.25, -0.2) is 4.98 Å². The Morgan fingerprint density at radius 2 is 2.12 bits per heavy atom. The number of benzene rings is 1. The minimum atomic E-state index is -0.605. The normalized spacial score (nSPS) is 16.7. The minimum Gasteiger partial charge on any atom is -0.368 e. The zero-order chi connectivity index (χ0) is 17.1. The molecule has 0 saturated heterocycles. The van der Waals surface area contributed by atoms with E-state index < -0.39 is 11.9 Å². The van der Waals surface area contributed by atoms with Gasteiger partial charge in [0.2, 0.25) is 17.0 Å². The van der Waals surface area contributed by atoms with Gasteiger partial charge >= 0.3 is 0 Å². The molecule has 1 unspecified atom stereocenters. The van der Waals surface area contributed by atoms with Crippen molar-refractivity contribution in [3.63, 3.8) is 0 Å². The van der Waals surface area contributed by atoms with Crippen LogP contribution in [0.3, 0.4) is 0 Å². The third-order valence-corrected chi connectivity index (χ3v) is 4.90. The summed E-state index contributed by atoms with van der Waals surface area (Å²) in [6, 6.07) is 7.20. The summed E-state index contributed by atoms with van der Waals surface area (Å²) in [6.07, 6.45) is 1.22. The van der Waals surface area contributed by atoms with Crippen LogP contribution in [0.25, 0.3) is 0 Å². The molecule has 1 aromatic carbocycles. The van der Waals surface area contributed by atoms with E-state index >= 15 is 0 Å². The number of H-pyrrole nitrogens is 1. The Kier molecular flexibility index (Phi) is 4.84. The number of rotatable bonds is 5. The summed E-state index contributed by atoms with van der Waals surface area (Å²) in [5, 5.41) is 7.41. The summed E-state index contributed by atoms with van der Waals surface area (Å²) >= 11 is 1.26. The molecule has 3 N–H and O–H groups in total. The zero-order valence-electron chi connectivity index (χ0n) is 13.4. The van der Waals surface area contributed by atoms with Crippen molar-refractivity contribution in [2.24, 2.45) is 5.73 Å². The molecule has 0 radical (unpaired) electrons. The van der Waals surface area contributed by atoms with E-state index in [-0.39, 0.29) is 11.7 Å². The van der Waals surface area contributed by atoms with Crippen LogP contribution in [-0.4, -0.2) is 43.7 Å². The van der Waals surface area contributed by atoms with E-state index in [0.29, 0.717) is 18.1 Å². The first-order valence-corrected chi connectivity index (χ1v) is 8.76. The fraction of sp³-hybridized carbons (Fsp3) is 0.375. The summed E-state index contributed by atoms with van der Waals surface area (Å²) in [6.45, 7) is 2.38. The quantitative estimate of drug-likeness (QED) is 0.783. The van der Waals surface area contributed by atoms with E-state index in [0.717, 1.165) is 23.4 Å². The molecule has 0 spiro atoms. The maximum absolute atomic E-state index is 12.6. The number of amides is 2. The van der Waals surface area contributed by atoms with Gasteiger partial charge in [-0.3, -0.25) is 14.7 Å². The van der Waals surface area contributed by atoms with E-state index in [1.165, 1.54) is 11.8 Å². The van der Waals surface area contributed by atoms with Crippen LogP contribution in [0.4, 0.5) is 0 Å². The average molecular weight is 345 g/mol. The van der Waals surface area contributed by atoms with Crippen molar-refractivity contribution in [1.29, 1.82) is 0 Å². The van der Waals surface area contributed by atoms with E-state index in [4.69, 9.17) is 5.73 Å². The first kappa shape index (κ1) is 16.5. The highest BCUT2D eigenvalue weighted by atomic mass is 32.2. The van der Waals surface area contributed by atoms with Gasteiger partial charge < -0.3 is 10.6 Å². The number of primary amides is 1. The lowest BCUT2D eigenvalue weighted by atomic mass is 9.93. The number of aryl methyl sites for hydroxylation is 1. The van der Waals surface area contributed by atoms with Gasteiger partial charge in [-0.2, -0.15) is 0 Å². The van der Waals surface area contributed by atoms with Crippen molar-refractivity contribution >= 4 is 23.6 Å². The molecule has 0 fully saturated rings. The van der Waals surface area contributed by atoms with Crippen LogP contribution in [0.2, 0.25) is 0 Å². The molecule has 2 aromatic rings. The third-order valence-electron chi connectivity index (χ3n) is 4.07. The average Bonchev–Trinajstić information content (AvgIpc) is 3.06. The molecule has 0 aliphatic carbocycles. The van der Waals surface area contributed by atoms with Gasteiger partial charge in [0, 0.05) is 19.4 Å². The van der Waals surface area contributed by atoms with Crippen LogP contribution in [0.5, 0.6) is 0 Å². The second-order valence-corrected chi connectivity index (χ2v) is 6.56. The topological polar surface area (TPSA) is 105 Å². The fourth-order valence-corrected chi connectivity index (χ4v) is 3.45. The van der Waals surface area contributed by atoms with Gasteiger partial charge in [-0.15, -0.1) is 5.10 Å². The molecular formula is C16H19N5O2S. The molecule has 7 nitrogen and oxygen atoms in total. The number of thioether (sulfide) groups is 1. The monoisotopic (exact) mass is 345 g/mol. The molecule has 3 rings (SSSR count). The molecule has 1 aliphatic heterocycles. The van der Waals surface area contributed by atoms with Crippen molar-refractivity contribution in [3.8, 4) is 0 Å². The van der Waals surface area contributed by atoms with Gasteiger partial charge in [0.05, 0.1) is 5.75 Å². The van der Waals surface area contributed by atoms with Gasteiger partial charge in [0.15, 0.2) is 0 Å². The largest absolute Gasteiger partial charge is 0.368 e. The van der Waals surface area contributed by atoms with Gasteiger partial charge in [-0.1, -0.05) is 43.0 Å². The molecular weight excluding hydrogens is 326 g/mol. The fourth-order valence-electron chi connectivity index (χ4n) is 2.75. The lowest BCUT2D eigenvalue weighted by molar-refractivity contribution is -0.138. The Morgan fingerprint density at radius 1 is 1.38 bits per heavy atom. The highest BCUT2D eigenvalue weighted by molar-refractivity contribution is 7.99. The zero-order valence-corrected chi connectivity index (χ0v) is 14.2. The minimum absolute atomic E-state index is 0.138. The van der Waals surface area contributed by atoms with Crippen molar-refractivity contribution in [1.82, 2.24) is 20.1 Å². The number of hydrogen-bond donors (Lipinski definition) is 2. The predicted molar refractivity (Wildman–Crippen MR) is 90.2 cm³/mol. The lowest BCUT2D eigenvalue weighted by Gasteiger charge is -2.35. The first-order valence-electron chi connectivity index (χ1n) is 7.78. The molecule has 2 heterocycles. The summed E-state index contributed by atoms with van der Waals surface area (Å²) in [5.74, 6) is 0.342. The van der Waals surface area contributed by atoms with Gasteiger partial charge in [0.1, 0.15) is 11.9 Å². The number of nitrogens with zero attached hydrogens (tertiary/aromatic N) is 3. The number of nitrogens with two attached hydrogens (primary N) is 1. The van der Waals surface area contributed by atoms with E-state index in [9.17, 15) is 9.59 Å². The van der Waals surface area contributed by atoms with Crippen molar-refractivity contribution in [3.05, 3.63) is 41.2 Å². The molecule has 2 amide bonds. The van der Waals surface area contributed by atoms with Crippen LogP contribution >= 0.6 is 11.8 Å². The Hall–Kier alpha value is -2.35.